The lowest BCUT2D eigenvalue weighted by molar-refractivity contribution is -0.123. The van der Waals surface area contributed by atoms with Gasteiger partial charge in [0.2, 0.25) is 5.91 Å². The third kappa shape index (κ3) is 6.56. The molecule has 0 spiro atoms. The average molecular weight is 416 g/mol. The second kappa shape index (κ2) is 9.98. The van der Waals surface area contributed by atoms with Crippen LogP contribution in [0.5, 0.6) is 11.5 Å². The van der Waals surface area contributed by atoms with Crippen molar-refractivity contribution in [1.29, 1.82) is 0 Å². The second-order valence-corrected chi connectivity index (χ2v) is 8.49. The van der Waals surface area contributed by atoms with Crippen molar-refractivity contribution in [2.45, 2.75) is 34.6 Å². The van der Waals surface area contributed by atoms with Crippen LogP contribution in [0.15, 0.2) is 12.1 Å². The molecular weight excluding hydrogens is 382 g/mol. The largest absolute Gasteiger partial charge is 0.493 e. The van der Waals surface area contributed by atoms with Crippen molar-refractivity contribution in [2.75, 3.05) is 39.7 Å². The van der Waals surface area contributed by atoms with E-state index in [2.05, 4.69) is 5.32 Å². The molecule has 0 bridgehead atoms. The molecule has 0 heterocycles. The van der Waals surface area contributed by atoms with E-state index in [1.165, 1.54) is 14.2 Å². The first kappa shape index (κ1) is 26.0. The van der Waals surface area contributed by atoms with E-state index in [0.717, 1.165) is 0 Å². The molecule has 0 unspecified atom stereocenters. The highest BCUT2D eigenvalue weighted by molar-refractivity contribution is 6.05. The molecule has 0 aliphatic carbocycles. The number of ether oxygens (including phenoxy) is 2. The number of nitrogens with two attached hydrogens (primary N) is 1. The minimum absolute atomic E-state index is 0. The van der Waals surface area contributed by atoms with E-state index in [4.69, 9.17) is 15.2 Å². The summed E-state index contributed by atoms with van der Waals surface area (Å²) in [5, 5.41) is 2.84. The maximum atomic E-state index is 13.1. The van der Waals surface area contributed by atoms with Gasteiger partial charge in [-0.25, -0.2) is 0 Å². The van der Waals surface area contributed by atoms with Gasteiger partial charge in [0.25, 0.3) is 5.91 Å². The van der Waals surface area contributed by atoms with Gasteiger partial charge in [0.15, 0.2) is 11.5 Å². The lowest BCUT2D eigenvalue weighted by atomic mass is 9.93. The van der Waals surface area contributed by atoms with Crippen molar-refractivity contribution in [2.24, 2.45) is 16.6 Å². The second-order valence-electron chi connectivity index (χ2n) is 8.49. The van der Waals surface area contributed by atoms with Crippen LogP contribution in [0.2, 0.25) is 0 Å². The fourth-order valence-corrected chi connectivity index (χ4v) is 2.45. The van der Waals surface area contributed by atoms with Crippen LogP contribution in [0, 0.1) is 10.8 Å². The normalized spacial score (nSPS) is 11.3. The topological polar surface area (TPSA) is 93.9 Å². The molecule has 3 N–H and O–H groups in total. The van der Waals surface area contributed by atoms with Crippen LogP contribution in [0.1, 0.15) is 45.0 Å². The summed E-state index contributed by atoms with van der Waals surface area (Å²) in [4.78, 5) is 27.2. The van der Waals surface area contributed by atoms with Crippen molar-refractivity contribution >= 4 is 29.9 Å². The summed E-state index contributed by atoms with van der Waals surface area (Å²) >= 11 is 0. The fraction of sp³-hybridized carbons (Fsp3) is 0.600. The summed E-state index contributed by atoms with van der Waals surface area (Å²) in [5.41, 5.74) is 5.67. The first-order chi connectivity index (χ1) is 12.4. The number of halogens is 1. The van der Waals surface area contributed by atoms with Gasteiger partial charge in [-0.3, -0.25) is 9.59 Å². The zero-order chi connectivity index (χ0) is 21.0. The Morgan fingerprint density at radius 2 is 1.57 bits per heavy atom. The summed E-state index contributed by atoms with van der Waals surface area (Å²) in [7, 11) is 4.72. The fourth-order valence-electron chi connectivity index (χ4n) is 2.45. The Labute approximate surface area is 174 Å². The van der Waals surface area contributed by atoms with Crippen molar-refractivity contribution < 1.29 is 19.1 Å². The number of nitrogens with zero attached hydrogens (tertiary/aromatic N) is 1. The average Bonchev–Trinajstić information content (AvgIpc) is 2.59. The number of benzene rings is 1. The lowest BCUT2D eigenvalue weighted by Gasteiger charge is -2.30. The van der Waals surface area contributed by atoms with Crippen molar-refractivity contribution in [3.05, 3.63) is 17.7 Å². The predicted octanol–water partition coefficient (Wildman–Crippen LogP) is 3.17. The molecule has 1 aromatic carbocycles. The van der Waals surface area contributed by atoms with E-state index in [0.29, 0.717) is 35.8 Å². The van der Waals surface area contributed by atoms with Gasteiger partial charge in [0.1, 0.15) is 0 Å². The van der Waals surface area contributed by atoms with Crippen LogP contribution >= 0.6 is 12.4 Å². The number of carbonyl (C=O) groups is 2. The van der Waals surface area contributed by atoms with Gasteiger partial charge in [-0.05, 0) is 18.0 Å². The summed E-state index contributed by atoms with van der Waals surface area (Å²) in [6, 6.07) is 3.20. The van der Waals surface area contributed by atoms with Crippen LogP contribution in [-0.2, 0) is 4.79 Å². The van der Waals surface area contributed by atoms with E-state index in [1.807, 2.05) is 13.8 Å². The number of anilines is 1. The molecule has 0 aliphatic rings. The lowest BCUT2D eigenvalue weighted by Crippen LogP contribution is -2.40. The SMILES string of the molecule is COc1cc(NC(=O)C(C)(C)C)c(C(=O)N(C)CC(C)(C)CN)cc1OC.Cl. The molecule has 160 valence electrons. The molecule has 1 rings (SSSR count). The summed E-state index contributed by atoms with van der Waals surface area (Å²) in [6.45, 7) is 10.3. The first-order valence-corrected chi connectivity index (χ1v) is 8.89. The highest BCUT2D eigenvalue weighted by atomic mass is 35.5. The molecule has 0 fully saturated rings. The van der Waals surface area contributed by atoms with Crippen LogP contribution in [0.4, 0.5) is 5.69 Å². The van der Waals surface area contributed by atoms with Crippen LogP contribution in [0.25, 0.3) is 0 Å². The van der Waals surface area contributed by atoms with Gasteiger partial charge in [-0.2, -0.15) is 0 Å². The number of methoxy groups -OCH3 is 2. The third-order valence-corrected chi connectivity index (χ3v) is 4.25. The standard InChI is InChI=1S/C20H33N3O4.ClH/c1-19(2,3)18(25)22-14-10-16(27-8)15(26-7)9-13(14)17(24)23(6)12-20(4,5)11-21;/h9-10H,11-12,21H2,1-8H3,(H,22,25);1H. The minimum atomic E-state index is -0.610. The Morgan fingerprint density at radius 1 is 1.07 bits per heavy atom. The van der Waals surface area contributed by atoms with Gasteiger partial charge >= 0.3 is 0 Å². The Balaban J connectivity index is 0.00000729. The Morgan fingerprint density at radius 3 is 2.00 bits per heavy atom. The molecule has 8 heteroatoms. The quantitative estimate of drug-likeness (QED) is 0.713. The molecule has 0 saturated carbocycles. The van der Waals surface area contributed by atoms with E-state index < -0.39 is 5.41 Å². The molecular formula is C20H34ClN3O4. The molecule has 7 nitrogen and oxygen atoms in total. The monoisotopic (exact) mass is 415 g/mol. The van der Waals surface area contributed by atoms with Crippen LogP contribution in [0.3, 0.4) is 0 Å². The van der Waals surface area contributed by atoms with E-state index >= 15 is 0 Å². The van der Waals surface area contributed by atoms with Gasteiger partial charge in [-0.1, -0.05) is 34.6 Å². The van der Waals surface area contributed by atoms with Crippen LogP contribution < -0.4 is 20.5 Å². The summed E-state index contributed by atoms with van der Waals surface area (Å²) < 4.78 is 10.6. The van der Waals surface area contributed by atoms with Crippen molar-refractivity contribution in [3.8, 4) is 11.5 Å². The summed E-state index contributed by atoms with van der Waals surface area (Å²) in [5.74, 6) is 0.416. The molecule has 0 saturated heterocycles. The minimum Gasteiger partial charge on any atom is -0.493 e. The number of hydrogen-bond donors (Lipinski definition) is 2. The zero-order valence-corrected chi connectivity index (χ0v) is 19.0. The van der Waals surface area contributed by atoms with Gasteiger partial charge in [0, 0.05) is 25.1 Å². The molecule has 1 aromatic rings. The van der Waals surface area contributed by atoms with E-state index in [-0.39, 0.29) is 29.6 Å². The van der Waals surface area contributed by atoms with Crippen molar-refractivity contribution in [3.63, 3.8) is 0 Å². The zero-order valence-electron chi connectivity index (χ0n) is 18.1. The van der Waals surface area contributed by atoms with Gasteiger partial charge < -0.3 is 25.4 Å². The summed E-state index contributed by atoms with van der Waals surface area (Å²) in [6.07, 6.45) is 0. The third-order valence-electron chi connectivity index (χ3n) is 4.25. The maximum Gasteiger partial charge on any atom is 0.255 e. The Hall–Kier alpha value is -1.99. The number of hydrogen-bond acceptors (Lipinski definition) is 5. The number of nitrogens with one attached hydrogen (secondary N) is 1. The molecule has 0 aromatic heterocycles. The highest BCUT2D eigenvalue weighted by Crippen LogP contribution is 2.35. The van der Waals surface area contributed by atoms with Gasteiger partial charge in [-0.15, -0.1) is 12.4 Å². The Kier molecular flexibility index (Phi) is 9.27. The number of carbonyl (C=O) groups excluding carboxylic acids is 2. The van der Waals surface area contributed by atoms with Crippen molar-refractivity contribution in [1.82, 2.24) is 4.90 Å². The molecule has 28 heavy (non-hydrogen) atoms. The molecule has 0 radical (unpaired) electrons. The van der Waals surface area contributed by atoms with E-state index in [9.17, 15) is 9.59 Å². The van der Waals surface area contributed by atoms with Gasteiger partial charge in [0.05, 0.1) is 25.5 Å². The number of amides is 2. The highest BCUT2D eigenvalue weighted by Gasteiger charge is 2.27. The molecule has 0 aliphatic heterocycles. The smallest absolute Gasteiger partial charge is 0.255 e. The Bertz CT molecular complexity index is 699. The molecule has 0 atom stereocenters. The maximum absolute atomic E-state index is 13.1. The predicted molar refractivity (Wildman–Crippen MR) is 115 cm³/mol. The van der Waals surface area contributed by atoms with Crippen LogP contribution in [-0.4, -0.2) is 51.1 Å². The van der Waals surface area contributed by atoms with E-state index in [1.54, 1.807) is 44.9 Å². The first-order valence-electron chi connectivity index (χ1n) is 8.89. The number of rotatable bonds is 7. The molecule has 2 amide bonds.